The molecule has 0 spiro atoms. The zero-order valence-corrected chi connectivity index (χ0v) is 9.00. The smallest absolute Gasteiger partial charge is 0.0931 e. The van der Waals surface area contributed by atoms with Gasteiger partial charge in [0.25, 0.3) is 0 Å². The SMILES string of the molecule is Clc1cc(CN2CCNCC2)cs1. The van der Waals surface area contributed by atoms with Gasteiger partial charge < -0.3 is 5.32 Å². The molecule has 0 atom stereocenters. The number of nitrogens with zero attached hydrogens (tertiary/aromatic N) is 1. The number of hydrogen-bond acceptors (Lipinski definition) is 3. The third-order valence-corrected chi connectivity index (χ3v) is 3.38. The van der Waals surface area contributed by atoms with Crippen LogP contribution in [0.4, 0.5) is 0 Å². The first kappa shape index (κ1) is 9.46. The van der Waals surface area contributed by atoms with E-state index in [-0.39, 0.29) is 0 Å². The Balaban J connectivity index is 1.89. The number of nitrogens with one attached hydrogen (secondary N) is 1. The van der Waals surface area contributed by atoms with Gasteiger partial charge in [0.05, 0.1) is 4.34 Å². The predicted octanol–water partition coefficient (Wildman–Crippen LogP) is 1.81. The van der Waals surface area contributed by atoms with Crippen LogP contribution in [0.1, 0.15) is 5.56 Å². The lowest BCUT2D eigenvalue weighted by molar-refractivity contribution is 0.233. The van der Waals surface area contributed by atoms with E-state index in [0.717, 1.165) is 37.1 Å². The molecular formula is C9H13ClN2S. The maximum absolute atomic E-state index is 5.87. The monoisotopic (exact) mass is 216 g/mol. The molecule has 1 aliphatic rings. The molecule has 0 amide bonds. The Morgan fingerprint density at radius 3 is 2.85 bits per heavy atom. The summed E-state index contributed by atoms with van der Waals surface area (Å²) in [6.07, 6.45) is 0. The second kappa shape index (κ2) is 4.42. The molecule has 1 N–H and O–H groups in total. The standard InChI is InChI=1S/C9H13ClN2S/c10-9-5-8(7-13-9)6-12-3-1-11-2-4-12/h5,7,11H,1-4,6H2. The van der Waals surface area contributed by atoms with Gasteiger partial charge in [0, 0.05) is 32.7 Å². The van der Waals surface area contributed by atoms with Crippen molar-refractivity contribution in [3.05, 3.63) is 21.3 Å². The first-order valence-electron chi connectivity index (χ1n) is 4.50. The minimum atomic E-state index is 0.894. The van der Waals surface area contributed by atoms with Gasteiger partial charge >= 0.3 is 0 Å². The molecule has 0 bridgehead atoms. The molecule has 4 heteroatoms. The normalized spacial score (nSPS) is 19.2. The van der Waals surface area contributed by atoms with Crippen LogP contribution in [0, 0.1) is 0 Å². The van der Waals surface area contributed by atoms with Gasteiger partial charge in [-0.05, 0) is 17.0 Å². The van der Waals surface area contributed by atoms with Crippen LogP contribution in [0.5, 0.6) is 0 Å². The average Bonchev–Trinajstić information content (AvgIpc) is 2.53. The molecule has 2 rings (SSSR count). The summed E-state index contributed by atoms with van der Waals surface area (Å²) in [6.45, 7) is 5.56. The summed E-state index contributed by atoms with van der Waals surface area (Å²) in [5.41, 5.74) is 1.34. The molecule has 2 heterocycles. The van der Waals surface area contributed by atoms with Gasteiger partial charge in [-0.25, -0.2) is 0 Å². The Morgan fingerprint density at radius 2 is 2.23 bits per heavy atom. The highest BCUT2D eigenvalue weighted by molar-refractivity contribution is 7.14. The summed E-state index contributed by atoms with van der Waals surface area (Å²) in [6, 6.07) is 2.06. The van der Waals surface area contributed by atoms with Crippen molar-refractivity contribution >= 4 is 22.9 Å². The Kier molecular flexibility index (Phi) is 3.22. The topological polar surface area (TPSA) is 15.3 Å². The summed E-state index contributed by atoms with van der Waals surface area (Å²) >= 11 is 7.48. The van der Waals surface area contributed by atoms with E-state index >= 15 is 0 Å². The van der Waals surface area contributed by atoms with E-state index in [9.17, 15) is 0 Å². The summed E-state index contributed by atoms with van der Waals surface area (Å²) in [5, 5.41) is 5.48. The van der Waals surface area contributed by atoms with Crippen molar-refractivity contribution in [2.75, 3.05) is 26.2 Å². The van der Waals surface area contributed by atoms with E-state index in [1.807, 2.05) is 0 Å². The summed E-state index contributed by atoms with van der Waals surface area (Å²) in [5.74, 6) is 0. The van der Waals surface area contributed by atoms with E-state index in [1.54, 1.807) is 11.3 Å². The van der Waals surface area contributed by atoms with Crippen molar-refractivity contribution in [3.63, 3.8) is 0 Å². The van der Waals surface area contributed by atoms with Crippen LogP contribution in [0.3, 0.4) is 0 Å². The molecule has 13 heavy (non-hydrogen) atoms. The fraction of sp³-hybridized carbons (Fsp3) is 0.556. The summed E-state index contributed by atoms with van der Waals surface area (Å²) in [7, 11) is 0. The molecule has 0 aliphatic carbocycles. The fourth-order valence-electron chi connectivity index (χ4n) is 1.56. The molecule has 72 valence electrons. The largest absolute Gasteiger partial charge is 0.314 e. The van der Waals surface area contributed by atoms with Gasteiger partial charge in [-0.2, -0.15) is 0 Å². The van der Waals surface area contributed by atoms with Gasteiger partial charge in [-0.1, -0.05) is 11.6 Å². The number of thiophene rings is 1. The van der Waals surface area contributed by atoms with Crippen molar-refractivity contribution in [2.24, 2.45) is 0 Å². The minimum Gasteiger partial charge on any atom is -0.314 e. The van der Waals surface area contributed by atoms with Crippen molar-refractivity contribution < 1.29 is 0 Å². The van der Waals surface area contributed by atoms with Crippen molar-refractivity contribution in [1.82, 2.24) is 10.2 Å². The molecule has 1 saturated heterocycles. The van der Waals surface area contributed by atoms with Crippen molar-refractivity contribution in [1.29, 1.82) is 0 Å². The molecular weight excluding hydrogens is 204 g/mol. The summed E-state index contributed by atoms with van der Waals surface area (Å²) in [4.78, 5) is 2.45. The number of piperazine rings is 1. The molecule has 1 aromatic heterocycles. The Labute approximate surface area is 87.5 Å². The van der Waals surface area contributed by atoms with Crippen molar-refractivity contribution in [2.45, 2.75) is 6.54 Å². The molecule has 0 radical (unpaired) electrons. The van der Waals surface area contributed by atoms with E-state index in [1.165, 1.54) is 5.56 Å². The van der Waals surface area contributed by atoms with Gasteiger partial charge in [0.15, 0.2) is 0 Å². The molecule has 1 fully saturated rings. The highest BCUT2D eigenvalue weighted by Crippen LogP contribution is 2.21. The maximum atomic E-state index is 5.87. The van der Waals surface area contributed by atoms with E-state index in [0.29, 0.717) is 0 Å². The van der Waals surface area contributed by atoms with Gasteiger partial charge in [0.2, 0.25) is 0 Å². The fourth-order valence-corrected chi connectivity index (χ4v) is 2.46. The van der Waals surface area contributed by atoms with Crippen LogP contribution >= 0.6 is 22.9 Å². The maximum Gasteiger partial charge on any atom is 0.0931 e. The first-order valence-corrected chi connectivity index (χ1v) is 5.76. The van der Waals surface area contributed by atoms with Crippen LogP contribution in [0.25, 0.3) is 0 Å². The molecule has 0 saturated carbocycles. The minimum absolute atomic E-state index is 0.894. The van der Waals surface area contributed by atoms with Crippen LogP contribution in [0.2, 0.25) is 4.34 Å². The number of hydrogen-bond donors (Lipinski definition) is 1. The van der Waals surface area contributed by atoms with Crippen LogP contribution in [-0.2, 0) is 6.54 Å². The van der Waals surface area contributed by atoms with Crippen LogP contribution in [-0.4, -0.2) is 31.1 Å². The quantitative estimate of drug-likeness (QED) is 0.811. The van der Waals surface area contributed by atoms with Gasteiger partial charge in [-0.15, -0.1) is 11.3 Å². The average molecular weight is 217 g/mol. The van der Waals surface area contributed by atoms with Gasteiger partial charge in [-0.3, -0.25) is 4.90 Å². The summed E-state index contributed by atoms with van der Waals surface area (Å²) < 4.78 is 0.894. The molecule has 0 aromatic carbocycles. The van der Waals surface area contributed by atoms with E-state index in [2.05, 4.69) is 21.7 Å². The highest BCUT2D eigenvalue weighted by atomic mass is 35.5. The van der Waals surface area contributed by atoms with Crippen LogP contribution in [0.15, 0.2) is 11.4 Å². The molecule has 0 unspecified atom stereocenters. The second-order valence-electron chi connectivity index (χ2n) is 3.29. The number of halogens is 1. The molecule has 1 aromatic rings. The zero-order chi connectivity index (χ0) is 9.10. The van der Waals surface area contributed by atoms with Gasteiger partial charge in [0.1, 0.15) is 0 Å². The third-order valence-electron chi connectivity index (χ3n) is 2.24. The Bertz CT molecular complexity index is 268. The highest BCUT2D eigenvalue weighted by Gasteiger charge is 2.10. The third kappa shape index (κ3) is 2.68. The van der Waals surface area contributed by atoms with Crippen LogP contribution < -0.4 is 5.32 Å². The lowest BCUT2D eigenvalue weighted by Gasteiger charge is -2.26. The lowest BCUT2D eigenvalue weighted by Crippen LogP contribution is -2.42. The predicted molar refractivity (Wildman–Crippen MR) is 57.5 cm³/mol. The molecule has 1 aliphatic heterocycles. The second-order valence-corrected chi connectivity index (χ2v) is 4.83. The molecule has 2 nitrogen and oxygen atoms in total. The Hall–Kier alpha value is -0.0900. The lowest BCUT2D eigenvalue weighted by atomic mass is 10.3. The first-order chi connectivity index (χ1) is 6.34. The van der Waals surface area contributed by atoms with Crippen molar-refractivity contribution in [3.8, 4) is 0 Å². The van der Waals surface area contributed by atoms with E-state index in [4.69, 9.17) is 11.6 Å². The zero-order valence-electron chi connectivity index (χ0n) is 7.42. The number of rotatable bonds is 2. The Morgan fingerprint density at radius 1 is 1.46 bits per heavy atom. The van der Waals surface area contributed by atoms with E-state index < -0.39 is 0 Å².